The maximum atomic E-state index is 13.7. The molecular formula is C17H21Cl2F2N3O2. The van der Waals surface area contributed by atoms with Crippen LogP contribution in [-0.2, 0) is 11.2 Å². The van der Waals surface area contributed by atoms with E-state index in [9.17, 15) is 13.6 Å². The minimum Gasteiger partial charge on any atom is -0.441 e. The summed E-state index contributed by atoms with van der Waals surface area (Å²) in [5.74, 6) is -0.822. The number of aromatic nitrogens is 1. The highest BCUT2D eigenvalue weighted by Gasteiger charge is 2.16. The normalized spacial score (nSPS) is 14.2. The predicted octanol–water partition coefficient (Wildman–Crippen LogP) is 3.26. The Morgan fingerprint density at radius 1 is 1.27 bits per heavy atom. The molecule has 0 bridgehead atoms. The van der Waals surface area contributed by atoms with Crippen LogP contribution in [0.1, 0.15) is 25.2 Å². The van der Waals surface area contributed by atoms with E-state index in [4.69, 9.17) is 4.42 Å². The summed E-state index contributed by atoms with van der Waals surface area (Å²) >= 11 is 0. The van der Waals surface area contributed by atoms with E-state index in [2.05, 4.69) is 15.6 Å². The van der Waals surface area contributed by atoms with Crippen LogP contribution in [0, 0.1) is 11.6 Å². The fourth-order valence-electron chi connectivity index (χ4n) is 2.73. The van der Waals surface area contributed by atoms with Crippen molar-refractivity contribution in [2.24, 2.45) is 0 Å². The molecule has 1 aromatic heterocycles. The van der Waals surface area contributed by atoms with Crippen molar-refractivity contribution in [2.45, 2.75) is 31.7 Å². The van der Waals surface area contributed by atoms with E-state index in [1.165, 1.54) is 12.3 Å². The van der Waals surface area contributed by atoms with Crippen LogP contribution >= 0.6 is 24.8 Å². The second kappa shape index (κ2) is 10.4. The van der Waals surface area contributed by atoms with Crippen molar-refractivity contribution < 1.29 is 18.0 Å². The summed E-state index contributed by atoms with van der Waals surface area (Å²) < 4.78 is 32.1. The van der Waals surface area contributed by atoms with Gasteiger partial charge in [-0.2, -0.15) is 0 Å². The van der Waals surface area contributed by atoms with Crippen molar-refractivity contribution in [2.75, 3.05) is 13.1 Å². The number of oxazole rings is 1. The van der Waals surface area contributed by atoms with E-state index in [0.29, 0.717) is 12.3 Å². The zero-order chi connectivity index (χ0) is 16.9. The van der Waals surface area contributed by atoms with Gasteiger partial charge in [0, 0.05) is 24.9 Å². The topological polar surface area (TPSA) is 67.2 Å². The van der Waals surface area contributed by atoms with Crippen molar-refractivity contribution in [3.63, 3.8) is 0 Å². The summed E-state index contributed by atoms with van der Waals surface area (Å²) in [6.07, 6.45) is 3.84. The van der Waals surface area contributed by atoms with Crippen LogP contribution < -0.4 is 10.6 Å². The molecule has 0 saturated carbocycles. The van der Waals surface area contributed by atoms with Gasteiger partial charge in [0.25, 0.3) is 0 Å². The number of carbonyl (C=O) groups is 1. The molecule has 2 aromatic rings. The Labute approximate surface area is 162 Å². The average molecular weight is 408 g/mol. The number of hydrogen-bond donors (Lipinski definition) is 2. The zero-order valence-electron chi connectivity index (χ0n) is 14.0. The molecule has 3 rings (SSSR count). The minimum atomic E-state index is -0.707. The van der Waals surface area contributed by atoms with E-state index < -0.39 is 11.6 Å². The van der Waals surface area contributed by atoms with Gasteiger partial charge in [0.2, 0.25) is 5.91 Å². The second-order valence-electron chi connectivity index (χ2n) is 5.83. The molecule has 1 aliphatic heterocycles. The van der Waals surface area contributed by atoms with Crippen LogP contribution in [0.5, 0.6) is 0 Å². The molecule has 1 aliphatic rings. The summed E-state index contributed by atoms with van der Waals surface area (Å²) in [5, 5.41) is 6.23. The number of aryl methyl sites for hydroxylation is 1. The van der Waals surface area contributed by atoms with Crippen molar-refractivity contribution in [3.05, 3.63) is 41.9 Å². The maximum absolute atomic E-state index is 13.7. The van der Waals surface area contributed by atoms with Crippen LogP contribution in [0.4, 0.5) is 8.78 Å². The molecule has 2 heterocycles. The highest BCUT2D eigenvalue weighted by molar-refractivity contribution is 5.85. The summed E-state index contributed by atoms with van der Waals surface area (Å²) in [7, 11) is 0. The largest absolute Gasteiger partial charge is 0.441 e. The molecule has 0 spiro atoms. The predicted molar refractivity (Wildman–Crippen MR) is 98.7 cm³/mol. The third-order valence-corrected chi connectivity index (χ3v) is 4.02. The third-order valence-electron chi connectivity index (χ3n) is 4.02. The number of halogens is 4. The van der Waals surface area contributed by atoms with E-state index >= 15 is 0 Å². The minimum absolute atomic E-state index is 0. The Bertz CT molecular complexity index is 722. The number of nitrogens with zero attached hydrogens (tertiary/aromatic N) is 1. The van der Waals surface area contributed by atoms with Crippen LogP contribution in [0.2, 0.25) is 0 Å². The Morgan fingerprint density at radius 2 is 2.00 bits per heavy atom. The van der Waals surface area contributed by atoms with Crippen LogP contribution in [0.25, 0.3) is 11.3 Å². The molecule has 0 atom stereocenters. The van der Waals surface area contributed by atoms with E-state index in [-0.39, 0.29) is 54.5 Å². The number of nitrogens with one attached hydrogen (secondary N) is 2. The molecule has 1 saturated heterocycles. The van der Waals surface area contributed by atoms with Crippen molar-refractivity contribution in [1.82, 2.24) is 15.6 Å². The van der Waals surface area contributed by atoms with E-state index in [1.807, 2.05) is 0 Å². The van der Waals surface area contributed by atoms with Gasteiger partial charge in [0.1, 0.15) is 11.6 Å². The average Bonchev–Trinajstić information content (AvgIpc) is 3.02. The highest BCUT2D eigenvalue weighted by atomic mass is 35.5. The molecule has 2 N–H and O–H groups in total. The molecule has 0 aliphatic carbocycles. The molecule has 9 heteroatoms. The van der Waals surface area contributed by atoms with Crippen molar-refractivity contribution in [1.29, 1.82) is 0 Å². The molecule has 0 unspecified atom stereocenters. The molecule has 0 radical (unpaired) electrons. The second-order valence-corrected chi connectivity index (χ2v) is 5.83. The van der Waals surface area contributed by atoms with Crippen LogP contribution in [0.15, 0.2) is 28.8 Å². The molecule has 26 heavy (non-hydrogen) atoms. The highest BCUT2D eigenvalue weighted by Crippen LogP contribution is 2.24. The molecule has 144 valence electrons. The fraction of sp³-hybridized carbons (Fsp3) is 0.412. The standard InChI is InChI=1S/C17H19F2N3O2.2ClH/c18-11-1-2-13(14(19)9-11)15-10-21-17(24-15)4-3-16(23)22-12-5-7-20-8-6-12;;/h1-2,9-10,12,20H,3-8H2,(H,22,23);2*1H. The number of piperidine rings is 1. The Kier molecular flexibility index (Phi) is 8.98. The van der Waals surface area contributed by atoms with Crippen LogP contribution in [0.3, 0.4) is 0 Å². The first-order valence-corrected chi connectivity index (χ1v) is 8.02. The van der Waals surface area contributed by atoms with E-state index in [1.54, 1.807) is 0 Å². The maximum Gasteiger partial charge on any atom is 0.220 e. The van der Waals surface area contributed by atoms with Gasteiger partial charge in [-0.05, 0) is 38.1 Å². The summed E-state index contributed by atoms with van der Waals surface area (Å²) in [6.45, 7) is 1.83. The summed E-state index contributed by atoms with van der Waals surface area (Å²) in [5.41, 5.74) is 0.148. The number of benzene rings is 1. The molecule has 5 nitrogen and oxygen atoms in total. The quantitative estimate of drug-likeness (QED) is 0.797. The fourth-order valence-corrected chi connectivity index (χ4v) is 2.73. The van der Waals surface area contributed by atoms with E-state index in [0.717, 1.165) is 38.1 Å². The van der Waals surface area contributed by atoms with Gasteiger partial charge in [0.15, 0.2) is 11.7 Å². The molecular weight excluding hydrogens is 387 g/mol. The Balaban J connectivity index is 0.00000169. The molecule has 1 aromatic carbocycles. The van der Waals surface area contributed by atoms with Gasteiger partial charge in [-0.15, -0.1) is 24.8 Å². The lowest BCUT2D eigenvalue weighted by Crippen LogP contribution is -2.42. The summed E-state index contributed by atoms with van der Waals surface area (Å²) in [6, 6.07) is 3.47. The number of rotatable bonds is 5. The van der Waals surface area contributed by atoms with Crippen LogP contribution in [-0.4, -0.2) is 30.0 Å². The third kappa shape index (κ3) is 5.93. The lowest BCUT2D eigenvalue weighted by molar-refractivity contribution is -0.122. The van der Waals surface area contributed by atoms with Gasteiger partial charge in [-0.3, -0.25) is 4.79 Å². The monoisotopic (exact) mass is 407 g/mol. The zero-order valence-corrected chi connectivity index (χ0v) is 15.6. The molecule has 1 amide bonds. The van der Waals surface area contributed by atoms with Gasteiger partial charge in [-0.25, -0.2) is 13.8 Å². The van der Waals surface area contributed by atoms with Gasteiger partial charge in [0.05, 0.1) is 11.8 Å². The SMILES string of the molecule is Cl.Cl.O=C(CCc1ncc(-c2ccc(F)cc2F)o1)NC1CCNCC1. The molecule has 1 fully saturated rings. The summed E-state index contributed by atoms with van der Waals surface area (Å²) in [4.78, 5) is 16.0. The number of amides is 1. The van der Waals surface area contributed by atoms with Gasteiger partial charge < -0.3 is 15.1 Å². The smallest absolute Gasteiger partial charge is 0.220 e. The first-order chi connectivity index (χ1) is 11.6. The van der Waals surface area contributed by atoms with Crippen molar-refractivity contribution >= 4 is 30.7 Å². The Hall–Kier alpha value is -1.70. The van der Waals surface area contributed by atoms with Gasteiger partial charge >= 0.3 is 0 Å². The Morgan fingerprint density at radius 3 is 2.69 bits per heavy atom. The van der Waals surface area contributed by atoms with Crippen molar-refractivity contribution in [3.8, 4) is 11.3 Å². The van der Waals surface area contributed by atoms with Gasteiger partial charge in [-0.1, -0.05) is 0 Å². The first kappa shape index (κ1) is 22.3. The lowest BCUT2D eigenvalue weighted by atomic mass is 10.1. The number of carbonyl (C=O) groups excluding carboxylic acids is 1. The lowest BCUT2D eigenvalue weighted by Gasteiger charge is -2.23. The first-order valence-electron chi connectivity index (χ1n) is 8.02. The number of hydrogen-bond acceptors (Lipinski definition) is 4.